The summed E-state index contributed by atoms with van der Waals surface area (Å²) >= 11 is 5.24. The van der Waals surface area contributed by atoms with E-state index in [0.717, 1.165) is 18.7 Å². The second-order valence-corrected chi connectivity index (χ2v) is 5.29. The molecular weight excluding hydrogens is 256 g/mol. The number of hydrogen-bond acceptors (Lipinski definition) is 3. The molecule has 5 heteroatoms. The largest absolute Gasteiger partial charge is 0.362 e. The average molecular weight is 278 g/mol. The topological polar surface area (TPSA) is 40.2 Å². The Bertz CT molecular complexity index is 376. The summed E-state index contributed by atoms with van der Waals surface area (Å²) in [5, 5.41) is 7.03. The number of pyridine rings is 1. The lowest BCUT2D eigenvalue weighted by Crippen LogP contribution is -2.34. The van der Waals surface area contributed by atoms with Gasteiger partial charge in [0, 0.05) is 12.7 Å². The molecule has 0 saturated carbocycles. The first kappa shape index (κ1) is 14.2. The van der Waals surface area contributed by atoms with Crippen molar-refractivity contribution in [2.45, 2.75) is 25.7 Å². The number of likely N-dealkylation sites (tertiary alicyclic amines) is 1. The molecule has 0 radical (unpaired) electrons. The highest BCUT2D eigenvalue weighted by Gasteiger charge is 2.08. The molecule has 1 saturated heterocycles. The Kier molecular flexibility index (Phi) is 6.04. The van der Waals surface area contributed by atoms with Crippen LogP contribution in [0.5, 0.6) is 0 Å². The van der Waals surface area contributed by atoms with Crippen LogP contribution in [0.25, 0.3) is 0 Å². The molecule has 4 nitrogen and oxygen atoms in total. The Labute approximate surface area is 120 Å². The summed E-state index contributed by atoms with van der Waals surface area (Å²) in [5.41, 5.74) is 0.927. The lowest BCUT2D eigenvalue weighted by atomic mass is 10.1. The molecule has 1 aliphatic heterocycles. The molecule has 2 N–H and O–H groups in total. The first-order valence-corrected chi connectivity index (χ1v) is 7.43. The normalized spacial score (nSPS) is 16.0. The maximum atomic E-state index is 5.24. The zero-order chi connectivity index (χ0) is 13.3. The minimum atomic E-state index is 0.673. The molecule has 0 atom stereocenters. The molecule has 1 aromatic heterocycles. The van der Waals surface area contributed by atoms with E-state index in [9.17, 15) is 0 Å². The van der Waals surface area contributed by atoms with Crippen molar-refractivity contribution in [1.29, 1.82) is 0 Å². The van der Waals surface area contributed by atoms with Gasteiger partial charge >= 0.3 is 0 Å². The highest BCUT2D eigenvalue weighted by Crippen LogP contribution is 2.08. The Hall–Kier alpha value is -1.20. The first-order chi connectivity index (χ1) is 9.34. The zero-order valence-corrected chi connectivity index (χ0v) is 12.1. The Morgan fingerprint density at radius 3 is 2.89 bits per heavy atom. The molecule has 1 aliphatic rings. The van der Waals surface area contributed by atoms with Crippen molar-refractivity contribution in [3.63, 3.8) is 0 Å². The average Bonchev–Trinajstić information content (AvgIpc) is 2.46. The van der Waals surface area contributed by atoms with E-state index < -0.39 is 0 Å². The van der Waals surface area contributed by atoms with E-state index in [4.69, 9.17) is 12.2 Å². The quantitative estimate of drug-likeness (QED) is 0.638. The Balaban J connectivity index is 1.56. The number of piperidine rings is 1. The van der Waals surface area contributed by atoms with Gasteiger partial charge in [-0.1, -0.05) is 6.42 Å². The molecule has 2 heterocycles. The standard InChI is InChI=1S/C14H22N4S/c19-14(17-13-6-4-7-15-12-13)16-8-5-11-18-9-2-1-3-10-18/h4,6-7,12H,1-3,5,8-11H2,(H2,16,17,19). The van der Waals surface area contributed by atoms with Crippen LogP contribution in [0.2, 0.25) is 0 Å². The molecule has 2 rings (SSSR count). The van der Waals surface area contributed by atoms with Gasteiger partial charge in [0.1, 0.15) is 0 Å². The predicted octanol–water partition coefficient (Wildman–Crippen LogP) is 2.24. The van der Waals surface area contributed by atoms with E-state index in [1.54, 1.807) is 12.4 Å². The van der Waals surface area contributed by atoms with E-state index in [2.05, 4.69) is 20.5 Å². The predicted molar refractivity (Wildman–Crippen MR) is 83.4 cm³/mol. The van der Waals surface area contributed by atoms with E-state index in [1.807, 2.05) is 12.1 Å². The van der Waals surface area contributed by atoms with Gasteiger partial charge in [0.25, 0.3) is 0 Å². The number of hydrogen-bond donors (Lipinski definition) is 2. The van der Waals surface area contributed by atoms with Crippen molar-refractivity contribution in [1.82, 2.24) is 15.2 Å². The minimum absolute atomic E-state index is 0.673. The fraction of sp³-hybridized carbons (Fsp3) is 0.571. The third-order valence-corrected chi connectivity index (χ3v) is 3.55. The van der Waals surface area contributed by atoms with Crippen LogP contribution >= 0.6 is 12.2 Å². The maximum absolute atomic E-state index is 5.24. The van der Waals surface area contributed by atoms with Crippen molar-refractivity contribution in [2.75, 3.05) is 31.5 Å². The van der Waals surface area contributed by atoms with Gasteiger partial charge in [-0.15, -0.1) is 0 Å². The molecular formula is C14H22N4S. The van der Waals surface area contributed by atoms with Crippen LogP contribution in [0, 0.1) is 0 Å². The number of thiocarbonyl (C=S) groups is 1. The highest BCUT2D eigenvalue weighted by molar-refractivity contribution is 7.80. The van der Waals surface area contributed by atoms with Crippen molar-refractivity contribution < 1.29 is 0 Å². The number of rotatable bonds is 5. The fourth-order valence-corrected chi connectivity index (χ4v) is 2.52. The molecule has 0 aromatic carbocycles. The van der Waals surface area contributed by atoms with Crippen LogP contribution in [0.4, 0.5) is 5.69 Å². The SMILES string of the molecule is S=C(NCCCN1CCCCC1)Nc1cccnc1. The van der Waals surface area contributed by atoms with E-state index in [1.165, 1.54) is 38.9 Å². The minimum Gasteiger partial charge on any atom is -0.362 e. The number of nitrogens with zero attached hydrogens (tertiary/aromatic N) is 2. The summed E-state index contributed by atoms with van der Waals surface area (Å²) in [7, 11) is 0. The molecule has 0 amide bonds. The fourth-order valence-electron chi connectivity index (χ4n) is 2.30. The van der Waals surface area contributed by atoms with Crippen LogP contribution in [-0.2, 0) is 0 Å². The monoisotopic (exact) mass is 278 g/mol. The molecule has 0 aliphatic carbocycles. The van der Waals surface area contributed by atoms with E-state index in [0.29, 0.717) is 5.11 Å². The number of nitrogens with one attached hydrogen (secondary N) is 2. The van der Waals surface area contributed by atoms with Gasteiger partial charge in [-0.25, -0.2) is 0 Å². The van der Waals surface area contributed by atoms with Crippen LogP contribution < -0.4 is 10.6 Å². The summed E-state index contributed by atoms with van der Waals surface area (Å²) in [6.45, 7) is 4.61. The molecule has 1 aromatic rings. The molecule has 104 valence electrons. The molecule has 0 bridgehead atoms. The maximum Gasteiger partial charge on any atom is 0.170 e. The van der Waals surface area contributed by atoms with Crippen molar-refractivity contribution in [2.24, 2.45) is 0 Å². The molecule has 19 heavy (non-hydrogen) atoms. The lowest BCUT2D eigenvalue weighted by Gasteiger charge is -2.26. The lowest BCUT2D eigenvalue weighted by molar-refractivity contribution is 0.227. The Morgan fingerprint density at radius 2 is 2.16 bits per heavy atom. The third kappa shape index (κ3) is 5.53. The third-order valence-electron chi connectivity index (χ3n) is 3.30. The second-order valence-electron chi connectivity index (χ2n) is 4.88. The van der Waals surface area contributed by atoms with Crippen LogP contribution in [0.3, 0.4) is 0 Å². The van der Waals surface area contributed by atoms with Gasteiger partial charge in [-0.05, 0) is 63.2 Å². The molecule has 0 spiro atoms. The van der Waals surface area contributed by atoms with E-state index >= 15 is 0 Å². The van der Waals surface area contributed by atoms with Crippen LogP contribution in [-0.4, -0.2) is 41.2 Å². The second kappa shape index (κ2) is 8.07. The van der Waals surface area contributed by atoms with Crippen LogP contribution in [0.15, 0.2) is 24.5 Å². The van der Waals surface area contributed by atoms with Gasteiger partial charge in [0.05, 0.1) is 11.9 Å². The summed E-state index contributed by atoms with van der Waals surface area (Å²) in [6.07, 6.45) is 8.76. The molecule has 0 unspecified atom stereocenters. The number of anilines is 1. The molecule has 1 fully saturated rings. The smallest absolute Gasteiger partial charge is 0.170 e. The van der Waals surface area contributed by atoms with Crippen molar-refractivity contribution >= 4 is 23.0 Å². The van der Waals surface area contributed by atoms with Gasteiger partial charge in [0.2, 0.25) is 0 Å². The first-order valence-electron chi connectivity index (χ1n) is 7.02. The van der Waals surface area contributed by atoms with Crippen molar-refractivity contribution in [3.8, 4) is 0 Å². The summed E-state index contributed by atoms with van der Waals surface area (Å²) < 4.78 is 0. The summed E-state index contributed by atoms with van der Waals surface area (Å²) in [5.74, 6) is 0. The van der Waals surface area contributed by atoms with Gasteiger partial charge < -0.3 is 15.5 Å². The van der Waals surface area contributed by atoms with Gasteiger partial charge in [0.15, 0.2) is 5.11 Å². The van der Waals surface area contributed by atoms with Crippen LogP contribution in [0.1, 0.15) is 25.7 Å². The Morgan fingerprint density at radius 1 is 1.32 bits per heavy atom. The summed E-state index contributed by atoms with van der Waals surface area (Å²) in [4.78, 5) is 6.58. The van der Waals surface area contributed by atoms with Gasteiger partial charge in [-0.3, -0.25) is 4.98 Å². The zero-order valence-electron chi connectivity index (χ0n) is 11.3. The van der Waals surface area contributed by atoms with E-state index in [-0.39, 0.29) is 0 Å². The highest BCUT2D eigenvalue weighted by atomic mass is 32.1. The van der Waals surface area contributed by atoms with Crippen molar-refractivity contribution in [3.05, 3.63) is 24.5 Å². The van der Waals surface area contributed by atoms with Gasteiger partial charge in [-0.2, -0.15) is 0 Å². The number of aromatic nitrogens is 1. The summed E-state index contributed by atoms with van der Waals surface area (Å²) in [6, 6.07) is 3.84.